The Kier molecular flexibility index (Phi) is 6.83. The van der Waals surface area contributed by atoms with Crippen LogP contribution in [0.2, 0.25) is 0 Å². The molecule has 0 saturated heterocycles. The lowest BCUT2D eigenvalue weighted by atomic mass is 9.88. The van der Waals surface area contributed by atoms with E-state index in [0.29, 0.717) is 5.92 Å². The van der Waals surface area contributed by atoms with E-state index >= 15 is 0 Å². The second-order valence-electron chi connectivity index (χ2n) is 4.96. The van der Waals surface area contributed by atoms with E-state index in [2.05, 4.69) is 31.0 Å². The maximum Gasteiger partial charge on any atom is 0.0533 e. The molecule has 0 amide bonds. The molecule has 17 heavy (non-hydrogen) atoms. The first-order valence-corrected chi connectivity index (χ1v) is 7.06. The van der Waals surface area contributed by atoms with E-state index in [1.165, 1.54) is 56.1 Å². The zero-order chi connectivity index (χ0) is 12.5. The van der Waals surface area contributed by atoms with E-state index < -0.39 is 0 Å². The molecule has 2 nitrogen and oxygen atoms in total. The predicted octanol–water partition coefficient (Wildman–Crippen LogP) is 4.64. The van der Waals surface area contributed by atoms with Crippen LogP contribution in [0.3, 0.4) is 0 Å². The number of hydrogen-bond acceptors (Lipinski definition) is 2. The third-order valence-corrected chi connectivity index (χ3v) is 3.45. The van der Waals surface area contributed by atoms with Gasteiger partial charge in [-0.05, 0) is 36.8 Å². The molecule has 0 fully saturated rings. The number of aryl methyl sites for hydroxylation is 1. The first kappa shape index (κ1) is 14.1. The fraction of sp³-hybridized carbons (Fsp3) is 0.733. The van der Waals surface area contributed by atoms with Gasteiger partial charge in [-0.2, -0.15) is 10.2 Å². The van der Waals surface area contributed by atoms with Gasteiger partial charge >= 0.3 is 0 Å². The van der Waals surface area contributed by atoms with Crippen LogP contribution in [0.5, 0.6) is 0 Å². The molecule has 96 valence electrons. The predicted molar refractivity (Wildman–Crippen MR) is 73.2 cm³/mol. The number of rotatable bonds is 8. The molecule has 1 aromatic rings. The van der Waals surface area contributed by atoms with Crippen molar-refractivity contribution in [3.8, 4) is 0 Å². The highest BCUT2D eigenvalue weighted by Crippen LogP contribution is 2.28. The van der Waals surface area contributed by atoms with Crippen molar-refractivity contribution in [2.75, 3.05) is 0 Å². The molecular weight excluding hydrogens is 208 g/mol. The van der Waals surface area contributed by atoms with Gasteiger partial charge < -0.3 is 0 Å². The van der Waals surface area contributed by atoms with Crippen molar-refractivity contribution in [1.29, 1.82) is 0 Å². The molecule has 0 N–H and O–H groups in total. The van der Waals surface area contributed by atoms with Gasteiger partial charge in [-0.15, -0.1) is 0 Å². The minimum atomic E-state index is 0.687. The fourth-order valence-electron chi connectivity index (χ4n) is 2.44. The second kappa shape index (κ2) is 8.21. The number of nitrogens with zero attached hydrogens (tertiary/aromatic N) is 2. The zero-order valence-electron chi connectivity index (χ0n) is 11.6. The summed E-state index contributed by atoms with van der Waals surface area (Å²) < 4.78 is 0. The molecule has 0 radical (unpaired) electrons. The lowest BCUT2D eigenvalue weighted by Crippen LogP contribution is -2.03. The summed E-state index contributed by atoms with van der Waals surface area (Å²) in [6.45, 7) is 6.68. The van der Waals surface area contributed by atoms with Crippen LogP contribution in [0.25, 0.3) is 0 Å². The molecule has 0 aromatic carbocycles. The van der Waals surface area contributed by atoms with Crippen LogP contribution >= 0.6 is 0 Å². The lowest BCUT2D eigenvalue weighted by Gasteiger charge is -2.17. The molecule has 1 rings (SSSR count). The summed E-state index contributed by atoms with van der Waals surface area (Å²) >= 11 is 0. The Hall–Kier alpha value is -0.920. The summed E-state index contributed by atoms with van der Waals surface area (Å²) in [7, 11) is 0. The zero-order valence-corrected chi connectivity index (χ0v) is 11.6. The smallest absolute Gasteiger partial charge is 0.0533 e. The van der Waals surface area contributed by atoms with Gasteiger partial charge in [0, 0.05) is 0 Å². The average molecular weight is 234 g/mol. The Morgan fingerprint density at radius 2 is 1.71 bits per heavy atom. The Balaban J connectivity index is 2.56. The van der Waals surface area contributed by atoms with Crippen LogP contribution in [0.15, 0.2) is 12.4 Å². The maximum absolute atomic E-state index is 4.04. The Morgan fingerprint density at radius 1 is 0.941 bits per heavy atom. The molecule has 1 atom stereocenters. The van der Waals surface area contributed by atoms with Crippen molar-refractivity contribution in [3.63, 3.8) is 0 Å². The Labute approximate surface area is 106 Å². The fourth-order valence-corrected chi connectivity index (χ4v) is 2.44. The standard InChI is InChI=1S/C15H26N2/c1-4-6-7-8-10-14(9-5-2)15-12-17-16-11-13(15)3/h11-12,14H,4-10H2,1-3H3. The molecule has 1 heterocycles. The minimum Gasteiger partial charge on any atom is -0.159 e. The third-order valence-electron chi connectivity index (χ3n) is 3.45. The Morgan fingerprint density at radius 3 is 2.35 bits per heavy atom. The van der Waals surface area contributed by atoms with E-state index in [0.717, 1.165) is 0 Å². The molecule has 0 aliphatic heterocycles. The monoisotopic (exact) mass is 234 g/mol. The van der Waals surface area contributed by atoms with Crippen molar-refractivity contribution < 1.29 is 0 Å². The molecule has 0 aliphatic rings. The summed E-state index contributed by atoms with van der Waals surface area (Å²) in [5.74, 6) is 0.687. The van der Waals surface area contributed by atoms with Crippen molar-refractivity contribution in [1.82, 2.24) is 10.2 Å². The maximum atomic E-state index is 4.04. The minimum absolute atomic E-state index is 0.687. The van der Waals surface area contributed by atoms with Crippen LogP contribution in [0.4, 0.5) is 0 Å². The topological polar surface area (TPSA) is 25.8 Å². The first-order valence-electron chi connectivity index (χ1n) is 7.06. The van der Waals surface area contributed by atoms with E-state index in [1.54, 1.807) is 0 Å². The molecule has 1 aromatic heterocycles. The largest absolute Gasteiger partial charge is 0.159 e. The highest BCUT2D eigenvalue weighted by atomic mass is 15.1. The summed E-state index contributed by atoms with van der Waals surface area (Å²) in [6, 6.07) is 0. The third kappa shape index (κ3) is 4.84. The van der Waals surface area contributed by atoms with Gasteiger partial charge in [0.1, 0.15) is 0 Å². The molecular formula is C15H26N2. The normalized spacial score (nSPS) is 12.6. The molecule has 1 unspecified atom stereocenters. The Bertz CT molecular complexity index is 310. The number of aromatic nitrogens is 2. The van der Waals surface area contributed by atoms with Crippen molar-refractivity contribution in [2.45, 2.75) is 71.6 Å². The summed E-state index contributed by atoms with van der Waals surface area (Å²) in [4.78, 5) is 0. The summed E-state index contributed by atoms with van der Waals surface area (Å²) in [5.41, 5.74) is 2.72. The van der Waals surface area contributed by atoms with Gasteiger partial charge in [0.25, 0.3) is 0 Å². The molecule has 0 saturated carbocycles. The first-order chi connectivity index (χ1) is 8.29. The van der Waals surface area contributed by atoms with Gasteiger partial charge in [-0.25, -0.2) is 0 Å². The van der Waals surface area contributed by atoms with Gasteiger partial charge in [0.05, 0.1) is 12.4 Å². The summed E-state index contributed by atoms with van der Waals surface area (Å²) in [6.07, 6.45) is 13.1. The molecule has 0 spiro atoms. The second-order valence-corrected chi connectivity index (χ2v) is 4.96. The molecule has 2 heteroatoms. The van der Waals surface area contributed by atoms with E-state index in [-0.39, 0.29) is 0 Å². The lowest BCUT2D eigenvalue weighted by molar-refractivity contribution is 0.517. The van der Waals surface area contributed by atoms with Crippen LogP contribution in [0.1, 0.15) is 75.8 Å². The molecule has 0 bridgehead atoms. The quantitative estimate of drug-likeness (QED) is 0.612. The van der Waals surface area contributed by atoms with Gasteiger partial charge in [0.15, 0.2) is 0 Å². The highest BCUT2D eigenvalue weighted by Gasteiger charge is 2.13. The van der Waals surface area contributed by atoms with Crippen LogP contribution in [0, 0.1) is 6.92 Å². The summed E-state index contributed by atoms with van der Waals surface area (Å²) in [5, 5.41) is 7.99. The van der Waals surface area contributed by atoms with Crippen LogP contribution in [-0.4, -0.2) is 10.2 Å². The van der Waals surface area contributed by atoms with E-state index in [9.17, 15) is 0 Å². The average Bonchev–Trinajstić information content (AvgIpc) is 2.34. The highest BCUT2D eigenvalue weighted by molar-refractivity contribution is 5.23. The number of hydrogen-bond donors (Lipinski definition) is 0. The van der Waals surface area contributed by atoms with Gasteiger partial charge in [-0.3, -0.25) is 0 Å². The van der Waals surface area contributed by atoms with Gasteiger partial charge in [-0.1, -0.05) is 46.0 Å². The van der Waals surface area contributed by atoms with Crippen LogP contribution in [-0.2, 0) is 0 Å². The van der Waals surface area contributed by atoms with E-state index in [4.69, 9.17) is 0 Å². The van der Waals surface area contributed by atoms with Crippen LogP contribution < -0.4 is 0 Å². The van der Waals surface area contributed by atoms with Crippen molar-refractivity contribution in [3.05, 3.63) is 23.5 Å². The van der Waals surface area contributed by atoms with E-state index in [1.807, 2.05) is 12.4 Å². The van der Waals surface area contributed by atoms with Crippen molar-refractivity contribution >= 4 is 0 Å². The number of unbranched alkanes of at least 4 members (excludes halogenated alkanes) is 3. The SMILES string of the molecule is CCCCCCC(CCC)c1cnncc1C. The van der Waals surface area contributed by atoms with Gasteiger partial charge in [0.2, 0.25) is 0 Å². The molecule has 0 aliphatic carbocycles. The van der Waals surface area contributed by atoms with Crippen molar-refractivity contribution in [2.24, 2.45) is 0 Å².